The minimum Gasteiger partial charge on any atom is -0.423 e. The van der Waals surface area contributed by atoms with Crippen LogP contribution in [0.2, 0.25) is 0 Å². The summed E-state index contributed by atoms with van der Waals surface area (Å²) in [5.41, 5.74) is 5.53. The minimum atomic E-state index is -1.38. The van der Waals surface area contributed by atoms with Gasteiger partial charge < -0.3 is 10.0 Å². The Morgan fingerprint density at radius 3 is 2.42 bits per heavy atom. The number of allylic oxidation sites excluding steroid dienone is 1. The minimum absolute atomic E-state index is 0.565. The largest absolute Gasteiger partial charge is 0.488 e. The summed E-state index contributed by atoms with van der Waals surface area (Å²) >= 11 is 0. The molecule has 0 heterocycles. The quantitative estimate of drug-likeness (QED) is 0.798. The molecule has 0 aliphatic heterocycles. The van der Waals surface area contributed by atoms with Crippen molar-refractivity contribution in [1.29, 1.82) is 0 Å². The number of aryl methyl sites for hydroxylation is 1. The molecule has 19 heavy (non-hydrogen) atoms. The molecule has 0 radical (unpaired) electrons. The van der Waals surface area contributed by atoms with E-state index in [0.29, 0.717) is 5.46 Å². The summed E-state index contributed by atoms with van der Waals surface area (Å²) < 4.78 is 0. The van der Waals surface area contributed by atoms with E-state index in [2.05, 4.69) is 30.3 Å². The Kier molecular flexibility index (Phi) is 3.24. The van der Waals surface area contributed by atoms with Crippen molar-refractivity contribution in [3.8, 4) is 0 Å². The fourth-order valence-electron chi connectivity index (χ4n) is 2.55. The van der Waals surface area contributed by atoms with Gasteiger partial charge in [0.2, 0.25) is 0 Å². The summed E-state index contributed by atoms with van der Waals surface area (Å²) in [4.78, 5) is 0. The van der Waals surface area contributed by atoms with Crippen LogP contribution in [0.15, 0.2) is 48.5 Å². The number of fused-ring (bicyclic) bond motifs is 1. The Bertz CT molecular complexity index is 618. The molecule has 0 amide bonds. The number of benzene rings is 2. The fourth-order valence-corrected chi connectivity index (χ4v) is 2.55. The third-order valence-corrected chi connectivity index (χ3v) is 3.60. The average molecular weight is 250 g/mol. The molecule has 3 rings (SSSR count). The van der Waals surface area contributed by atoms with E-state index >= 15 is 0 Å². The van der Waals surface area contributed by atoms with Gasteiger partial charge in [0, 0.05) is 0 Å². The van der Waals surface area contributed by atoms with Gasteiger partial charge in [-0.3, -0.25) is 0 Å². The van der Waals surface area contributed by atoms with E-state index < -0.39 is 7.12 Å². The number of hydrogen-bond donors (Lipinski definition) is 2. The van der Waals surface area contributed by atoms with Gasteiger partial charge in [-0.2, -0.15) is 0 Å². The Hall–Kier alpha value is -1.84. The van der Waals surface area contributed by atoms with E-state index in [1.165, 1.54) is 22.3 Å². The van der Waals surface area contributed by atoms with Gasteiger partial charge >= 0.3 is 7.12 Å². The van der Waals surface area contributed by atoms with Crippen LogP contribution in [0.3, 0.4) is 0 Å². The molecular formula is C16H15BO2. The smallest absolute Gasteiger partial charge is 0.423 e. The molecule has 0 saturated carbocycles. The second-order valence-corrected chi connectivity index (χ2v) is 4.87. The van der Waals surface area contributed by atoms with Gasteiger partial charge in [-0.15, -0.1) is 0 Å². The Labute approximate surface area is 113 Å². The van der Waals surface area contributed by atoms with Crippen LogP contribution < -0.4 is 5.46 Å². The van der Waals surface area contributed by atoms with Crippen molar-refractivity contribution < 1.29 is 10.0 Å². The van der Waals surface area contributed by atoms with E-state index in [4.69, 9.17) is 0 Å². The molecule has 0 spiro atoms. The van der Waals surface area contributed by atoms with Crippen molar-refractivity contribution in [2.75, 3.05) is 0 Å². The molecule has 2 aromatic carbocycles. The first-order chi connectivity index (χ1) is 9.24. The lowest BCUT2D eigenvalue weighted by atomic mass is 9.77. The van der Waals surface area contributed by atoms with Crippen molar-refractivity contribution in [3.63, 3.8) is 0 Å². The van der Waals surface area contributed by atoms with Crippen LogP contribution in [-0.2, 0) is 6.42 Å². The second kappa shape index (κ2) is 5.04. The maximum absolute atomic E-state index is 9.20. The van der Waals surface area contributed by atoms with E-state index in [0.717, 1.165) is 12.8 Å². The highest BCUT2D eigenvalue weighted by atomic mass is 16.4. The highest BCUT2D eigenvalue weighted by Crippen LogP contribution is 2.29. The zero-order chi connectivity index (χ0) is 13.2. The lowest BCUT2D eigenvalue weighted by molar-refractivity contribution is 0.425. The van der Waals surface area contributed by atoms with Crippen molar-refractivity contribution in [3.05, 3.63) is 65.2 Å². The lowest BCUT2D eigenvalue weighted by Crippen LogP contribution is -2.30. The monoisotopic (exact) mass is 250 g/mol. The molecular weight excluding hydrogens is 235 g/mol. The highest BCUT2D eigenvalue weighted by molar-refractivity contribution is 6.58. The number of hydrogen-bond acceptors (Lipinski definition) is 2. The van der Waals surface area contributed by atoms with Gasteiger partial charge in [0.15, 0.2) is 0 Å². The Morgan fingerprint density at radius 2 is 1.68 bits per heavy atom. The van der Waals surface area contributed by atoms with Crippen LogP contribution in [-0.4, -0.2) is 17.2 Å². The van der Waals surface area contributed by atoms with Crippen LogP contribution in [0.1, 0.15) is 23.1 Å². The van der Waals surface area contributed by atoms with E-state index in [9.17, 15) is 10.0 Å². The zero-order valence-corrected chi connectivity index (χ0v) is 10.6. The zero-order valence-electron chi connectivity index (χ0n) is 10.6. The van der Waals surface area contributed by atoms with E-state index in [1.54, 1.807) is 6.07 Å². The van der Waals surface area contributed by atoms with Crippen molar-refractivity contribution in [2.24, 2.45) is 0 Å². The summed E-state index contributed by atoms with van der Waals surface area (Å²) in [6, 6.07) is 16.0. The molecule has 0 unspecified atom stereocenters. The van der Waals surface area contributed by atoms with Crippen molar-refractivity contribution in [2.45, 2.75) is 12.8 Å². The SMILES string of the molecule is OB(O)c1ccc2c(c1)CCC(c1ccccc1)=C2. The summed E-state index contributed by atoms with van der Waals surface area (Å²) in [6.45, 7) is 0. The van der Waals surface area contributed by atoms with Gasteiger partial charge in [-0.25, -0.2) is 0 Å². The summed E-state index contributed by atoms with van der Waals surface area (Å²) in [5.74, 6) is 0. The molecule has 0 atom stereocenters. The first-order valence-electron chi connectivity index (χ1n) is 6.49. The molecule has 94 valence electrons. The average Bonchev–Trinajstić information content (AvgIpc) is 2.47. The van der Waals surface area contributed by atoms with Crippen molar-refractivity contribution in [1.82, 2.24) is 0 Å². The first-order valence-corrected chi connectivity index (χ1v) is 6.49. The van der Waals surface area contributed by atoms with Gasteiger partial charge in [-0.1, -0.05) is 54.6 Å². The molecule has 2 N–H and O–H groups in total. The molecule has 0 fully saturated rings. The standard InChI is InChI=1S/C16H15BO2/c18-17(19)16-9-8-14-10-13(6-7-15(14)11-16)12-4-2-1-3-5-12/h1-5,8-11,18-19H,6-7H2. The summed E-state index contributed by atoms with van der Waals surface area (Å²) in [6.07, 6.45) is 4.13. The third-order valence-electron chi connectivity index (χ3n) is 3.60. The third kappa shape index (κ3) is 2.48. The molecule has 1 aliphatic carbocycles. The molecule has 2 nitrogen and oxygen atoms in total. The van der Waals surface area contributed by atoms with Crippen molar-refractivity contribution >= 4 is 24.2 Å². The predicted octanol–water partition coefficient (Wildman–Crippen LogP) is 1.85. The van der Waals surface area contributed by atoms with E-state index in [1.807, 2.05) is 18.2 Å². The fraction of sp³-hybridized carbons (Fsp3) is 0.125. The van der Waals surface area contributed by atoms with Crippen LogP contribution in [0.25, 0.3) is 11.6 Å². The number of rotatable bonds is 2. The van der Waals surface area contributed by atoms with Crippen LogP contribution in [0.4, 0.5) is 0 Å². The van der Waals surface area contributed by atoms with Gasteiger partial charge in [-0.05, 0) is 40.6 Å². The summed E-state index contributed by atoms with van der Waals surface area (Å²) in [7, 11) is -1.38. The maximum Gasteiger partial charge on any atom is 0.488 e. The van der Waals surface area contributed by atoms with Crippen LogP contribution in [0, 0.1) is 0 Å². The molecule has 0 aromatic heterocycles. The second-order valence-electron chi connectivity index (χ2n) is 4.87. The van der Waals surface area contributed by atoms with E-state index in [-0.39, 0.29) is 0 Å². The molecule has 0 saturated heterocycles. The normalized spacial score (nSPS) is 13.7. The van der Waals surface area contributed by atoms with Gasteiger partial charge in [0.05, 0.1) is 0 Å². The van der Waals surface area contributed by atoms with Gasteiger partial charge in [0.1, 0.15) is 0 Å². The molecule has 2 aromatic rings. The maximum atomic E-state index is 9.20. The Morgan fingerprint density at radius 1 is 0.895 bits per heavy atom. The molecule has 0 bridgehead atoms. The van der Waals surface area contributed by atoms with Crippen LogP contribution in [0.5, 0.6) is 0 Å². The Balaban J connectivity index is 1.98. The predicted molar refractivity (Wildman–Crippen MR) is 78.9 cm³/mol. The molecule has 3 heteroatoms. The topological polar surface area (TPSA) is 40.5 Å². The molecule has 1 aliphatic rings. The van der Waals surface area contributed by atoms with Crippen LogP contribution >= 0.6 is 0 Å². The van der Waals surface area contributed by atoms with Gasteiger partial charge in [0.25, 0.3) is 0 Å². The first kappa shape index (κ1) is 12.2. The summed E-state index contributed by atoms with van der Waals surface area (Å²) in [5, 5.41) is 18.4. The highest BCUT2D eigenvalue weighted by Gasteiger charge is 2.16. The lowest BCUT2D eigenvalue weighted by Gasteiger charge is -2.17.